The summed E-state index contributed by atoms with van der Waals surface area (Å²) in [6.45, 7) is 1.81. The van der Waals surface area contributed by atoms with Gasteiger partial charge in [0.2, 0.25) is 0 Å². The van der Waals surface area contributed by atoms with Crippen molar-refractivity contribution < 1.29 is 23.8 Å². The standard InChI is InChI=1S/C15H21N3O5/c1-21-12-5-4-11(10-13(12)22-2)16-14(19)17-6-8-18(9-7-17)15(20)23-3/h4-5,10H,6-9H2,1-3H3,(H,16,19). The van der Waals surface area contributed by atoms with Gasteiger partial charge < -0.3 is 29.3 Å². The molecule has 0 spiro atoms. The van der Waals surface area contributed by atoms with Gasteiger partial charge >= 0.3 is 12.1 Å². The zero-order valence-corrected chi connectivity index (χ0v) is 13.5. The molecule has 23 heavy (non-hydrogen) atoms. The molecule has 1 fully saturated rings. The van der Waals surface area contributed by atoms with Crippen molar-refractivity contribution in [3.05, 3.63) is 18.2 Å². The minimum absolute atomic E-state index is 0.221. The maximum Gasteiger partial charge on any atom is 0.409 e. The molecule has 0 aromatic heterocycles. The summed E-state index contributed by atoms with van der Waals surface area (Å²) in [5.74, 6) is 1.14. The number of carbonyl (C=O) groups excluding carboxylic acids is 2. The molecule has 0 atom stereocenters. The van der Waals surface area contributed by atoms with Crippen LogP contribution in [0.2, 0.25) is 0 Å². The van der Waals surface area contributed by atoms with E-state index in [-0.39, 0.29) is 12.1 Å². The average Bonchev–Trinajstić information content (AvgIpc) is 2.60. The van der Waals surface area contributed by atoms with Crippen molar-refractivity contribution in [3.63, 3.8) is 0 Å². The van der Waals surface area contributed by atoms with Crippen LogP contribution >= 0.6 is 0 Å². The second-order valence-electron chi connectivity index (χ2n) is 4.94. The van der Waals surface area contributed by atoms with Crippen LogP contribution in [0.1, 0.15) is 0 Å². The molecule has 1 aliphatic heterocycles. The molecule has 1 N–H and O–H groups in total. The number of benzene rings is 1. The highest BCUT2D eigenvalue weighted by molar-refractivity contribution is 5.90. The Morgan fingerprint density at radius 1 is 0.957 bits per heavy atom. The fourth-order valence-electron chi connectivity index (χ4n) is 2.34. The molecule has 8 nitrogen and oxygen atoms in total. The first kappa shape index (κ1) is 16.7. The molecule has 126 valence electrons. The Morgan fingerprint density at radius 3 is 2.13 bits per heavy atom. The SMILES string of the molecule is COC(=O)N1CCN(C(=O)Nc2ccc(OC)c(OC)c2)CC1. The van der Waals surface area contributed by atoms with Crippen LogP contribution in [0.3, 0.4) is 0 Å². The lowest BCUT2D eigenvalue weighted by atomic mass is 10.2. The monoisotopic (exact) mass is 323 g/mol. The van der Waals surface area contributed by atoms with Crippen molar-refractivity contribution in [3.8, 4) is 11.5 Å². The lowest BCUT2D eigenvalue weighted by Gasteiger charge is -2.33. The molecule has 0 bridgehead atoms. The third-order valence-corrected chi connectivity index (χ3v) is 3.63. The quantitative estimate of drug-likeness (QED) is 0.914. The summed E-state index contributed by atoms with van der Waals surface area (Å²) in [6, 6.07) is 4.94. The van der Waals surface area contributed by atoms with Gasteiger partial charge in [-0.05, 0) is 12.1 Å². The second-order valence-corrected chi connectivity index (χ2v) is 4.94. The van der Waals surface area contributed by atoms with E-state index in [4.69, 9.17) is 9.47 Å². The highest BCUT2D eigenvalue weighted by Crippen LogP contribution is 2.29. The number of hydrogen-bond acceptors (Lipinski definition) is 5. The van der Waals surface area contributed by atoms with Gasteiger partial charge in [-0.3, -0.25) is 0 Å². The highest BCUT2D eigenvalue weighted by Gasteiger charge is 2.24. The molecule has 1 saturated heterocycles. The van der Waals surface area contributed by atoms with Gasteiger partial charge in [-0.1, -0.05) is 0 Å². The molecule has 2 rings (SSSR count). The fraction of sp³-hybridized carbons (Fsp3) is 0.467. The first-order valence-corrected chi connectivity index (χ1v) is 7.20. The maximum absolute atomic E-state index is 12.3. The number of anilines is 1. The van der Waals surface area contributed by atoms with E-state index in [9.17, 15) is 9.59 Å². The van der Waals surface area contributed by atoms with Gasteiger partial charge in [0.15, 0.2) is 11.5 Å². The van der Waals surface area contributed by atoms with E-state index in [2.05, 4.69) is 10.1 Å². The van der Waals surface area contributed by atoms with Crippen molar-refractivity contribution in [2.75, 3.05) is 52.8 Å². The molecule has 0 aliphatic carbocycles. The van der Waals surface area contributed by atoms with Gasteiger partial charge in [0, 0.05) is 37.9 Å². The molecular weight excluding hydrogens is 302 g/mol. The molecule has 8 heteroatoms. The smallest absolute Gasteiger partial charge is 0.409 e. The summed E-state index contributed by atoms with van der Waals surface area (Å²) in [7, 11) is 4.44. The summed E-state index contributed by atoms with van der Waals surface area (Å²) in [5, 5.41) is 2.81. The van der Waals surface area contributed by atoms with Crippen LogP contribution in [0, 0.1) is 0 Å². The Balaban J connectivity index is 1.94. The summed E-state index contributed by atoms with van der Waals surface area (Å²) in [4.78, 5) is 26.9. The van der Waals surface area contributed by atoms with Crippen molar-refractivity contribution >= 4 is 17.8 Å². The van der Waals surface area contributed by atoms with Gasteiger partial charge in [-0.15, -0.1) is 0 Å². The number of nitrogens with one attached hydrogen (secondary N) is 1. The van der Waals surface area contributed by atoms with E-state index in [0.29, 0.717) is 43.4 Å². The molecule has 1 aromatic carbocycles. The third-order valence-electron chi connectivity index (χ3n) is 3.63. The minimum Gasteiger partial charge on any atom is -0.493 e. The topological polar surface area (TPSA) is 80.3 Å². The second kappa shape index (κ2) is 7.57. The van der Waals surface area contributed by atoms with Crippen molar-refractivity contribution in [2.24, 2.45) is 0 Å². The summed E-state index contributed by atoms with van der Waals surface area (Å²) >= 11 is 0. The van der Waals surface area contributed by atoms with Crippen molar-refractivity contribution in [1.29, 1.82) is 0 Å². The number of piperazine rings is 1. The molecule has 1 aromatic rings. The van der Waals surface area contributed by atoms with Crippen LogP contribution < -0.4 is 14.8 Å². The van der Waals surface area contributed by atoms with E-state index < -0.39 is 0 Å². The van der Waals surface area contributed by atoms with Gasteiger partial charge in [-0.2, -0.15) is 0 Å². The number of methoxy groups -OCH3 is 3. The number of nitrogens with zero attached hydrogens (tertiary/aromatic N) is 2. The number of ether oxygens (including phenoxy) is 3. The largest absolute Gasteiger partial charge is 0.493 e. The van der Waals surface area contributed by atoms with Crippen molar-refractivity contribution in [2.45, 2.75) is 0 Å². The Hall–Kier alpha value is -2.64. The van der Waals surface area contributed by atoms with Crippen molar-refractivity contribution in [1.82, 2.24) is 9.80 Å². The van der Waals surface area contributed by atoms with E-state index in [0.717, 1.165) is 0 Å². The van der Waals surface area contributed by atoms with Gasteiger partial charge in [-0.25, -0.2) is 9.59 Å². The summed E-state index contributed by atoms with van der Waals surface area (Å²) in [5.41, 5.74) is 0.614. The van der Waals surface area contributed by atoms with Gasteiger partial charge in [0.1, 0.15) is 0 Å². The first-order chi connectivity index (χ1) is 11.1. The van der Waals surface area contributed by atoms with Crippen LogP contribution in [0.25, 0.3) is 0 Å². The predicted octanol–water partition coefficient (Wildman–Crippen LogP) is 1.62. The lowest BCUT2D eigenvalue weighted by molar-refractivity contribution is 0.0992. The van der Waals surface area contributed by atoms with E-state index in [1.807, 2.05) is 0 Å². The van der Waals surface area contributed by atoms with Crippen LogP contribution in [-0.2, 0) is 4.74 Å². The fourth-order valence-corrected chi connectivity index (χ4v) is 2.34. The normalized spacial score (nSPS) is 14.2. The molecular formula is C15H21N3O5. The zero-order chi connectivity index (χ0) is 16.8. The zero-order valence-electron chi connectivity index (χ0n) is 13.5. The van der Waals surface area contributed by atoms with Gasteiger partial charge in [0.05, 0.1) is 21.3 Å². The summed E-state index contributed by atoms with van der Waals surface area (Å²) in [6.07, 6.45) is -0.370. The minimum atomic E-state index is -0.370. The molecule has 1 aliphatic rings. The molecule has 0 radical (unpaired) electrons. The average molecular weight is 323 g/mol. The van der Waals surface area contributed by atoms with E-state index in [1.54, 1.807) is 35.1 Å². The van der Waals surface area contributed by atoms with Gasteiger partial charge in [0.25, 0.3) is 0 Å². The number of hydrogen-bond donors (Lipinski definition) is 1. The first-order valence-electron chi connectivity index (χ1n) is 7.20. The number of urea groups is 1. The van der Waals surface area contributed by atoms with Crippen LogP contribution in [-0.4, -0.2) is 69.4 Å². The Morgan fingerprint density at radius 2 is 1.57 bits per heavy atom. The Labute approximate surface area is 134 Å². The van der Waals surface area contributed by atoms with E-state index in [1.165, 1.54) is 14.2 Å². The molecule has 1 heterocycles. The molecule has 0 unspecified atom stereocenters. The number of rotatable bonds is 3. The number of amides is 3. The predicted molar refractivity (Wildman–Crippen MR) is 84.1 cm³/mol. The maximum atomic E-state index is 12.3. The number of carbonyl (C=O) groups is 2. The lowest BCUT2D eigenvalue weighted by Crippen LogP contribution is -2.51. The van der Waals surface area contributed by atoms with Crippen LogP contribution in [0.15, 0.2) is 18.2 Å². The highest BCUT2D eigenvalue weighted by atomic mass is 16.5. The summed E-state index contributed by atoms with van der Waals surface area (Å²) < 4.78 is 15.0. The van der Waals surface area contributed by atoms with E-state index >= 15 is 0 Å². The third kappa shape index (κ3) is 3.97. The molecule has 3 amide bonds. The Bertz CT molecular complexity index is 570. The van der Waals surface area contributed by atoms with Crippen LogP contribution in [0.5, 0.6) is 11.5 Å². The van der Waals surface area contributed by atoms with Crippen LogP contribution in [0.4, 0.5) is 15.3 Å². The molecule has 0 saturated carbocycles. The Kier molecular flexibility index (Phi) is 5.51.